The van der Waals surface area contributed by atoms with Gasteiger partial charge in [-0.25, -0.2) is 0 Å². The number of allylic oxidation sites excluding steroid dienone is 5. The number of aldehydes is 1. The predicted octanol–water partition coefficient (Wildman–Crippen LogP) is 3.15. The Hall–Kier alpha value is -2.37. The van der Waals surface area contributed by atoms with Crippen molar-refractivity contribution in [1.29, 1.82) is 0 Å². The third-order valence-electron chi connectivity index (χ3n) is 3.29. The molecular weight excluding hydrogens is 328 g/mol. The van der Waals surface area contributed by atoms with Crippen molar-refractivity contribution in [2.24, 2.45) is 5.73 Å². The number of nitrogens with one attached hydrogen (secondary N) is 1. The lowest BCUT2D eigenvalue weighted by atomic mass is 10.1. The fraction of sp³-hybridized carbons (Fsp3) is 0.222. The van der Waals surface area contributed by atoms with E-state index in [-0.39, 0.29) is 5.91 Å². The first kappa shape index (κ1) is 19.7. The van der Waals surface area contributed by atoms with E-state index in [2.05, 4.69) is 11.1 Å². The Kier molecular flexibility index (Phi) is 7.95. The topological polar surface area (TPSA) is 81.4 Å². The molecule has 5 nitrogen and oxygen atoms in total. The van der Waals surface area contributed by atoms with Crippen molar-refractivity contribution >= 4 is 29.5 Å². The largest absolute Gasteiger partial charge is 0.501 e. The number of rotatable bonds is 4. The Morgan fingerprint density at radius 1 is 1.33 bits per heavy atom. The quantitative estimate of drug-likeness (QED) is 0.819. The van der Waals surface area contributed by atoms with Gasteiger partial charge in [0.2, 0.25) is 0 Å². The molecule has 24 heavy (non-hydrogen) atoms. The fourth-order valence-electron chi connectivity index (χ4n) is 1.98. The summed E-state index contributed by atoms with van der Waals surface area (Å²) < 4.78 is 5.19. The van der Waals surface area contributed by atoms with Gasteiger partial charge in [-0.2, -0.15) is 0 Å². The van der Waals surface area contributed by atoms with Gasteiger partial charge >= 0.3 is 0 Å². The number of benzene rings is 1. The number of ether oxygens (including phenoxy) is 1. The summed E-state index contributed by atoms with van der Waals surface area (Å²) in [6.07, 6.45) is 5.87. The Morgan fingerprint density at radius 2 is 2.04 bits per heavy atom. The van der Waals surface area contributed by atoms with Crippen LogP contribution in [0.1, 0.15) is 12.0 Å². The van der Waals surface area contributed by atoms with Gasteiger partial charge in [0.15, 0.2) is 0 Å². The maximum atomic E-state index is 12.4. The second kappa shape index (κ2) is 9.70. The third-order valence-corrected chi connectivity index (χ3v) is 3.69. The number of hydrogen-bond donors (Lipinski definition) is 2. The highest BCUT2D eigenvalue weighted by Crippen LogP contribution is 2.23. The fourth-order valence-corrected chi connectivity index (χ4v) is 2.16. The summed E-state index contributed by atoms with van der Waals surface area (Å²) in [6, 6.07) is 5.30. The molecule has 0 heterocycles. The molecule has 0 spiro atoms. The van der Waals surface area contributed by atoms with Gasteiger partial charge in [0.25, 0.3) is 5.91 Å². The number of hydrogen-bond acceptors (Lipinski definition) is 4. The normalized spacial score (nSPS) is 13.3. The molecule has 0 aromatic heterocycles. The van der Waals surface area contributed by atoms with E-state index in [1.54, 1.807) is 30.4 Å². The molecule has 128 valence electrons. The van der Waals surface area contributed by atoms with Crippen LogP contribution in [-0.4, -0.2) is 26.4 Å². The van der Waals surface area contributed by atoms with Crippen LogP contribution in [0.4, 0.5) is 5.69 Å². The van der Waals surface area contributed by atoms with E-state index >= 15 is 0 Å². The molecule has 6 heteroatoms. The smallest absolute Gasteiger partial charge is 0.252 e. The van der Waals surface area contributed by atoms with Crippen molar-refractivity contribution in [1.82, 2.24) is 0 Å². The summed E-state index contributed by atoms with van der Waals surface area (Å²) in [6.45, 7) is 1.89. The van der Waals surface area contributed by atoms with Gasteiger partial charge in [-0.1, -0.05) is 17.7 Å². The molecule has 3 N–H and O–H groups in total. The first-order valence-electron chi connectivity index (χ1n) is 7.29. The lowest BCUT2D eigenvalue weighted by Gasteiger charge is -2.10. The summed E-state index contributed by atoms with van der Waals surface area (Å²) in [5, 5.41) is 3.36. The highest BCUT2D eigenvalue weighted by atomic mass is 35.5. The van der Waals surface area contributed by atoms with Crippen LogP contribution in [0.5, 0.6) is 0 Å². The molecule has 0 fully saturated rings. The SMILES string of the molecule is CN.COC1=CC=C(C=O)C=C(C(=O)Nc2ccc(C)c(Cl)c2)C1. The zero-order valence-electron chi connectivity index (χ0n) is 13.9. The van der Waals surface area contributed by atoms with Crippen molar-refractivity contribution in [2.45, 2.75) is 13.3 Å². The number of carbonyl (C=O) groups excluding carboxylic acids is 2. The van der Waals surface area contributed by atoms with Crippen LogP contribution in [-0.2, 0) is 14.3 Å². The van der Waals surface area contributed by atoms with Gasteiger partial charge in [0, 0.05) is 28.3 Å². The lowest BCUT2D eigenvalue weighted by Crippen LogP contribution is -2.15. The minimum atomic E-state index is -0.294. The number of amides is 1. The number of methoxy groups -OCH3 is 1. The number of nitrogens with two attached hydrogens (primary N) is 1. The van der Waals surface area contributed by atoms with Gasteiger partial charge in [-0.15, -0.1) is 0 Å². The zero-order chi connectivity index (χ0) is 18.1. The van der Waals surface area contributed by atoms with Gasteiger partial charge in [-0.05, 0) is 49.9 Å². The Bertz CT molecular complexity index is 706. The number of aryl methyl sites for hydroxylation is 1. The summed E-state index contributed by atoms with van der Waals surface area (Å²) in [7, 11) is 3.03. The van der Waals surface area contributed by atoms with Crippen LogP contribution >= 0.6 is 11.6 Å². The van der Waals surface area contributed by atoms with Gasteiger partial charge in [0.05, 0.1) is 7.11 Å². The maximum Gasteiger partial charge on any atom is 0.252 e. The molecule has 0 saturated carbocycles. The van der Waals surface area contributed by atoms with Crippen LogP contribution in [0.2, 0.25) is 5.02 Å². The summed E-state index contributed by atoms with van der Waals surface area (Å²) in [4.78, 5) is 23.4. The van der Waals surface area contributed by atoms with Crippen molar-refractivity contribution in [3.8, 4) is 0 Å². The van der Waals surface area contributed by atoms with Crippen molar-refractivity contribution in [3.63, 3.8) is 0 Å². The second-order valence-corrected chi connectivity index (χ2v) is 5.29. The van der Waals surface area contributed by atoms with E-state index in [0.29, 0.717) is 40.3 Å². The molecule has 0 atom stereocenters. The predicted molar refractivity (Wildman–Crippen MR) is 96.9 cm³/mol. The van der Waals surface area contributed by atoms with Crippen molar-refractivity contribution < 1.29 is 14.3 Å². The first-order valence-corrected chi connectivity index (χ1v) is 7.67. The molecule has 0 aliphatic heterocycles. The molecular formula is C18H21ClN2O3. The number of anilines is 1. The average molecular weight is 349 g/mol. The molecule has 0 radical (unpaired) electrons. The van der Waals surface area contributed by atoms with E-state index in [1.165, 1.54) is 14.2 Å². The van der Waals surface area contributed by atoms with Crippen LogP contribution in [0, 0.1) is 6.92 Å². The molecule has 1 aromatic rings. The Balaban J connectivity index is 0.00000139. The molecule has 0 bridgehead atoms. The Labute approximate surface area is 146 Å². The monoisotopic (exact) mass is 348 g/mol. The molecule has 1 aliphatic carbocycles. The van der Waals surface area contributed by atoms with E-state index in [0.717, 1.165) is 5.56 Å². The Morgan fingerprint density at radius 3 is 2.62 bits per heavy atom. The zero-order valence-corrected chi connectivity index (χ0v) is 14.7. The first-order chi connectivity index (χ1) is 11.5. The third kappa shape index (κ3) is 5.37. The molecule has 1 aliphatic rings. The number of halogens is 1. The highest BCUT2D eigenvalue weighted by Gasteiger charge is 2.15. The van der Waals surface area contributed by atoms with Crippen LogP contribution in [0.3, 0.4) is 0 Å². The number of carbonyl (C=O) groups is 2. The van der Waals surface area contributed by atoms with Crippen LogP contribution in [0.25, 0.3) is 0 Å². The summed E-state index contributed by atoms with van der Waals surface area (Å²) in [5.74, 6) is 0.317. The minimum absolute atomic E-state index is 0.294. The van der Waals surface area contributed by atoms with Gasteiger partial charge in [0.1, 0.15) is 12.0 Å². The standard InChI is InChI=1S/C17H16ClNO3.CH5N/c1-11-3-5-14(9-16(11)18)19-17(21)13-7-12(10-20)4-6-15(8-13)22-2;1-2/h3-7,9-10H,8H2,1-2H3,(H,19,21);2H2,1H3. The van der Waals surface area contributed by atoms with Crippen molar-refractivity contribution in [2.75, 3.05) is 19.5 Å². The van der Waals surface area contributed by atoms with E-state index in [4.69, 9.17) is 16.3 Å². The molecule has 0 unspecified atom stereocenters. The maximum absolute atomic E-state index is 12.4. The molecule has 0 saturated heterocycles. The van der Waals surface area contributed by atoms with Crippen LogP contribution in [0.15, 0.2) is 53.3 Å². The summed E-state index contributed by atoms with van der Waals surface area (Å²) in [5.41, 5.74) is 6.90. The van der Waals surface area contributed by atoms with E-state index < -0.39 is 0 Å². The van der Waals surface area contributed by atoms with Gasteiger partial charge in [-0.3, -0.25) is 9.59 Å². The van der Waals surface area contributed by atoms with Gasteiger partial charge < -0.3 is 15.8 Å². The summed E-state index contributed by atoms with van der Waals surface area (Å²) >= 11 is 6.05. The second-order valence-electron chi connectivity index (χ2n) is 4.89. The highest BCUT2D eigenvalue weighted by molar-refractivity contribution is 6.31. The van der Waals surface area contributed by atoms with Crippen molar-refractivity contribution in [3.05, 3.63) is 63.9 Å². The molecule has 2 rings (SSSR count). The van der Waals surface area contributed by atoms with Crippen LogP contribution < -0.4 is 11.1 Å². The van der Waals surface area contributed by atoms with E-state index in [1.807, 2.05) is 13.0 Å². The molecule has 1 amide bonds. The average Bonchev–Trinajstić information content (AvgIpc) is 2.82. The lowest BCUT2D eigenvalue weighted by molar-refractivity contribution is -0.113. The van der Waals surface area contributed by atoms with E-state index in [9.17, 15) is 9.59 Å². The minimum Gasteiger partial charge on any atom is -0.501 e. The molecule has 1 aromatic carbocycles.